The summed E-state index contributed by atoms with van der Waals surface area (Å²) in [5.41, 5.74) is 2.88. The summed E-state index contributed by atoms with van der Waals surface area (Å²) >= 11 is 12.3. The van der Waals surface area contributed by atoms with Crippen molar-refractivity contribution >= 4 is 56.2 Å². The molecule has 2 heterocycles. The zero-order valence-electron chi connectivity index (χ0n) is 14.6. The lowest BCUT2D eigenvalue weighted by atomic mass is 10.1. The van der Waals surface area contributed by atoms with Gasteiger partial charge in [-0.2, -0.15) is 0 Å². The second-order valence-electron chi connectivity index (χ2n) is 6.53. The minimum absolute atomic E-state index is 0.590. The molecule has 0 N–H and O–H groups in total. The summed E-state index contributed by atoms with van der Waals surface area (Å²) in [7, 11) is 4.09. The van der Waals surface area contributed by atoms with Crippen molar-refractivity contribution in [2.45, 2.75) is 6.42 Å². The van der Waals surface area contributed by atoms with E-state index in [-0.39, 0.29) is 0 Å². The zero-order valence-corrected chi connectivity index (χ0v) is 16.1. The Kier molecular flexibility index (Phi) is 4.65. The molecule has 4 aromatic rings. The Morgan fingerprint density at radius 2 is 1.81 bits per heavy atom. The largest absolute Gasteiger partial charge is 0.489 e. The summed E-state index contributed by atoms with van der Waals surface area (Å²) in [5, 5.41) is 3.03. The van der Waals surface area contributed by atoms with Crippen LogP contribution >= 0.6 is 23.2 Å². The third-order valence-electron chi connectivity index (χ3n) is 4.26. The zero-order chi connectivity index (χ0) is 18.3. The van der Waals surface area contributed by atoms with Crippen molar-refractivity contribution in [3.8, 4) is 5.75 Å². The Bertz CT molecular complexity index is 1110. The number of hydrogen-bond acceptors (Lipinski definition) is 4. The maximum Gasteiger partial charge on any atom is 0.196 e. The summed E-state index contributed by atoms with van der Waals surface area (Å²) in [6, 6.07) is 11.1. The number of benzene rings is 2. The Morgan fingerprint density at radius 1 is 1.04 bits per heavy atom. The van der Waals surface area contributed by atoms with E-state index >= 15 is 0 Å². The second kappa shape index (κ2) is 6.95. The minimum atomic E-state index is 0.590. The van der Waals surface area contributed by atoms with Crippen molar-refractivity contribution in [2.24, 2.45) is 0 Å². The molecule has 0 aliphatic carbocycles. The van der Waals surface area contributed by atoms with Crippen LogP contribution in [0.5, 0.6) is 5.75 Å². The maximum absolute atomic E-state index is 6.17. The molecule has 134 valence electrons. The fourth-order valence-corrected chi connectivity index (χ4v) is 3.39. The number of hydrogen-bond donors (Lipinski definition) is 0. The fraction of sp³-hybridized carbons (Fsp3) is 0.250. The highest BCUT2D eigenvalue weighted by molar-refractivity contribution is 6.32. The maximum atomic E-state index is 6.17. The predicted molar refractivity (Wildman–Crippen MR) is 108 cm³/mol. The van der Waals surface area contributed by atoms with Gasteiger partial charge in [-0.15, -0.1) is 0 Å². The average molecular weight is 389 g/mol. The molecule has 4 rings (SSSR count). The quantitative estimate of drug-likeness (QED) is 0.406. The summed E-state index contributed by atoms with van der Waals surface area (Å²) < 4.78 is 12.2. The van der Waals surface area contributed by atoms with Crippen molar-refractivity contribution in [3.63, 3.8) is 0 Å². The third-order valence-corrected chi connectivity index (χ3v) is 4.73. The number of ether oxygens (including phenoxy) is 1. The van der Waals surface area contributed by atoms with E-state index in [4.69, 9.17) is 37.3 Å². The first-order valence-electron chi connectivity index (χ1n) is 8.41. The molecule has 4 nitrogen and oxygen atoms in total. The molecular weight excluding hydrogens is 371 g/mol. The van der Waals surface area contributed by atoms with Crippen LogP contribution in [-0.4, -0.2) is 37.1 Å². The van der Waals surface area contributed by atoms with Gasteiger partial charge in [0.25, 0.3) is 0 Å². The number of rotatable bonds is 5. The van der Waals surface area contributed by atoms with Gasteiger partial charge in [0.1, 0.15) is 11.1 Å². The van der Waals surface area contributed by atoms with Crippen LogP contribution in [0.4, 0.5) is 0 Å². The van der Waals surface area contributed by atoms with Gasteiger partial charge in [-0.05, 0) is 56.9 Å². The van der Waals surface area contributed by atoms with Crippen LogP contribution in [-0.2, 0) is 0 Å². The van der Waals surface area contributed by atoms with Crippen molar-refractivity contribution in [3.05, 3.63) is 46.4 Å². The summed E-state index contributed by atoms with van der Waals surface area (Å²) in [5.74, 6) is 0.702. The molecule has 2 aromatic heterocycles. The number of aromatic nitrogens is 1. The summed E-state index contributed by atoms with van der Waals surface area (Å²) in [4.78, 5) is 6.89. The molecule has 0 unspecified atom stereocenters. The monoisotopic (exact) mass is 388 g/mol. The molecule has 0 saturated heterocycles. The number of halogens is 2. The summed E-state index contributed by atoms with van der Waals surface area (Å²) in [6.07, 6.45) is 0.915. The van der Waals surface area contributed by atoms with Gasteiger partial charge in [0.2, 0.25) is 0 Å². The minimum Gasteiger partial charge on any atom is -0.489 e. The molecule has 0 radical (unpaired) electrons. The van der Waals surface area contributed by atoms with Gasteiger partial charge >= 0.3 is 0 Å². The Morgan fingerprint density at radius 3 is 2.62 bits per heavy atom. The smallest absolute Gasteiger partial charge is 0.196 e. The molecule has 0 spiro atoms. The van der Waals surface area contributed by atoms with Crippen molar-refractivity contribution in [2.75, 3.05) is 27.2 Å². The lowest BCUT2D eigenvalue weighted by Crippen LogP contribution is -2.15. The predicted octanol–water partition coefficient (Wildman–Crippen LogP) is 5.77. The van der Waals surface area contributed by atoms with E-state index < -0.39 is 0 Å². The molecule has 6 heteroatoms. The molecule has 0 aliphatic rings. The molecule has 0 aliphatic heterocycles. The third kappa shape index (κ3) is 3.20. The lowest BCUT2D eigenvalue weighted by molar-refractivity contribution is 0.284. The molecule has 0 saturated carbocycles. The standard InChI is InChI=1S/C20H18Cl2N2O2/c1-24(2)8-3-9-25-19-14-6-4-13(22)11-16(14)23-18-15-10-12(21)5-7-17(15)26-20(18)19/h4-7,10-11H,3,8-9H2,1-2H3. The van der Waals surface area contributed by atoms with Crippen LogP contribution in [0, 0.1) is 0 Å². The van der Waals surface area contributed by atoms with Crippen molar-refractivity contribution in [1.82, 2.24) is 9.88 Å². The van der Waals surface area contributed by atoms with E-state index in [9.17, 15) is 0 Å². The van der Waals surface area contributed by atoms with Gasteiger partial charge in [0.15, 0.2) is 11.3 Å². The first-order chi connectivity index (χ1) is 12.5. The molecule has 26 heavy (non-hydrogen) atoms. The van der Waals surface area contributed by atoms with Crippen LogP contribution < -0.4 is 4.74 Å². The van der Waals surface area contributed by atoms with Crippen molar-refractivity contribution in [1.29, 1.82) is 0 Å². The van der Waals surface area contributed by atoms with Gasteiger partial charge in [-0.3, -0.25) is 0 Å². The molecule has 0 atom stereocenters. The number of furan rings is 1. The van der Waals surface area contributed by atoms with E-state index in [1.54, 1.807) is 6.07 Å². The Hall–Kier alpha value is -2.01. The lowest BCUT2D eigenvalue weighted by Gasteiger charge is -2.12. The van der Waals surface area contributed by atoms with Crippen LogP contribution in [0.3, 0.4) is 0 Å². The Balaban J connectivity index is 1.90. The van der Waals surface area contributed by atoms with E-state index in [1.807, 2.05) is 44.4 Å². The molecular formula is C20H18Cl2N2O2. The van der Waals surface area contributed by atoms with Crippen LogP contribution in [0.15, 0.2) is 40.8 Å². The van der Waals surface area contributed by atoms with E-state index in [1.165, 1.54) is 0 Å². The topological polar surface area (TPSA) is 38.5 Å². The highest BCUT2D eigenvalue weighted by Gasteiger charge is 2.18. The van der Waals surface area contributed by atoms with Gasteiger partial charge in [0.05, 0.1) is 12.1 Å². The second-order valence-corrected chi connectivity index (χ2v) is 7.40. The normalized spacial score (nSPS) is 11.9. The average Bonchev–Trinajstić information content (AvgIpc) is 2.95. The van der Waals surface area contributed by atoms with E-state index in [0.29, 0.717) is 28.0 Å². The molecule has 0 fully saturated rings. The van der Waals surface area contributed by atoms with Crippen LogP contribution in [0.1, 0.15) is 6.42 Å². The first-order valence-corrected chi connectivity index (χ1v) is 9.17. The van der Waals surface area contributed by atoms with Crippen molar-refractivity contribution < 1.29 is 9.15 Å². The number of fused-ring (bicyclic) bond motifs is 4. The molecule has 0 amide bonds. The fourth-order valence-electron chi connectivity index (χ4n) is 3.05. The molecule has 0 bridgehead atoms. The van der Waals surface area contributed by atoms with Gasteiger partial charge in [-0.1, -0.05) is 23.2 Å². The van der Waals surface area contributed by atoms with Gasteiger partial charge in [0, 0.05) is 27.4 Å². The van der Waals surface area contributed by atoms with Crippen LogP contribution in [0.2, 0.25) is 10.0 Å². The first kappa shape index (κ1) is 17.4. The molecule has 2 aromatic carbocycles. The van der Waals surface area contributed by atoms with E-state index in [2.05, 4.69) is 4.90 Å². The van der Waals surface area contributed by atoms with Gasteiger partial charge in [-0.25, -0.2) is 4.98 Å². The van der Waals surface area contributed by atoms with E-state index in [0.717, 1.165) is 40.4 Å². The summed E-state index contributed by atoms with van der Waals surface area (Å²) in [6.45, 7) is 1.54. The SMILES string of the molecule is CN(C)CCCOc1c2ccc(Cl)cc2nc2c1oc1ccc(Cl)cc12. The number of nitrogens with zero attached hydrogens (tertiary/aromatic N) is 2. The number of pyridine rings is 1. The van der Waals surface area contributed by atoms with Crippen LogP contribution in [0.25, 0.3) is 33.0 Å². The Labute approximate surface area is 161 Å². The highest BCUT2D eigenvalue weighted by Crippen LogP contribution is 2.39. The van der Waals surface area contributed by atoms with Gasteiger partial charge < -0.3 is 14.1 Å². The highest BCUT2D eigenvalue weighted by atomic mass is 35.5.